The van der Waals surface area contributed by atoms with Crippen molar-refractivity contribution in [2.45, 2.75) is 0 Å². The van der Waals surface area contributed by atoms with Crippen LogP contribution in [-0.2, 0) is 9.33 Å². The summed E-state index contributed by atoms with van der Waals surface area (Å²) in [6.45, 7) is 0. The summed E-state index contributed by atoms with van der Waals surface area (Å²) < 4.78 is 25.2. The average molecular weight is 360 g/mol. The first-order chi connectivity index (χ1) is 10.6. The van der Waals surface area contributed by atoms with Crippen molar-refractivity contribution in [3.8, 4) is 0 Å². The van der Waals surface area contributed by atoms with Gasteiger partial charge < -0.3 is 11.1 Å². The predicted octanol–water partition coefficient (Wildman–Crippen LogP) is 3.39. The highest BCUT2D eigenvalue weighted by Gasteiger charge is 2.16. The lowest BCUT2D eigenvalue weighted by molar-refractivity contribution is 0.0994. The summed E-state index contributed by atoms with van der Waals surface area (Å²) in [5, 5.41) is 0. The van der Waals surface area contributed by atoms with Crippen molar-refractivity contribution in [3.05, 3.63) is 74.0 Å². The molecule has 1 aromatic carbocycles. The number of rotatable bonds is 0. The van der Waals surface area contributed by atoms with Crippen LogP contribution in [-0.4, -0.2) is 24.5 Å². The maximum absolute atomic E-state index is 11.2. The van der Waals surface area contributed by atoms with Crippen LogP contribution in [0.25, 0.3) is 26.4 Å². The number of halogens is 1. The Labute approximate surface area is 134 Å². The number of allylic oxidation sites excluding steroid dienone is 2. The third kappa shape index (κ3) is 12.6. The summed E-state index contributed by atoms with van der Waals surface area (Å²) in [6, 6.07) is 6.84. The molecule has 0 amide bonds. The van der Waals surface area contributed by atoms with Crippen LogP contribution in [0.5, 0.6) is 0 Å². The number of carbonyl (C=O) groups excluding carboxylic acids is 2. The lowest BCUT2D eigenvalue weighted by Gasteiger charge is -2.06. The Bertz CT molecular complexity index is 707. The predicted molar refractivity (Wildman–Crippen MR) is 81.2 cm³/mol. The minimum absolute atomic E-state index is 0.0924. The molecule has 0 aromatic heterocycles. The van der Waals surface area contributed by atoms with Gasteiger partial charge in [0, 0.05) is 21.8 Å². The molecule has 0 bridgehead atoms. The maximum atomic E-state index is 11.2. The molecule has 1 aromatic rings. The first kappa shape index (κ1) is 22.4. The van der Waals surface area contributed by atoms with Gasteiger partial charge in [0.25, 0.3) is 0 Å². The van der Waals surface area contributed by atoms with E-state index in [0.29, 0.717) is 11.1 Å². The summed E-state index contributed by atoms with van der Waals surface area (Å²) in [6.07, 6.45) is 2.62. The second-order valence-electron chi connectivity index (χ2n) is 3.21. The molecule has 0 spiro atoms. The normalized spacial score (nSPS) is 10.9. The number of hydrogen-bond acceptors (Lipinski definition) is 5. The number of ketones is 2. The number of nitrogens with one attached hydrogen (secondary N) is 1. The van der Waals surface area contributed by atoms with Crippen molar-refractivity contribution in [1.29, 1.82) is 5.53 Å². The number of carbonyl (C=O) groups is 2. The molecule has 0 radical (unpaired) electrons. The van der Waals surface area contributed by atoms with Gasteiger partial charge >= 0.3 is 9.33 Å². The summed E-state index contributed by atoms with van der Waals surface area (Å²) >= 11 is 0. The molecule has 2 N–H and O–H groups in total. The standard InChI is InChI=1S/C10H6O2.ClHO3S.HN3.N3/c11-9-5-6-10(12)8-4-2-1-3-7(8)9;1-5(2,3)4;2*1-3-2/h1-6H;(H,2,3,4);1H;/q;;;-1. The average Bonchev–Trinajstić information content (AvgIpc) is 2.43. The van der Waals surface area contributed by atoms with Gasteiger partial charge in [0.1, 0.15) is 0 Å². The highest BCUT2D eigenvalue weighted by atomic mass is 35.7. The van der Waals surface area contributed by atoms with E-state index in [1.807, 2.05) is 0 Å². The molecule has 0 saturated heterocycles. The highest BCUT2D eigenvalue weighted by molar-refractivity contribution is 8.09. The quantitative estimate of drug-likeness (QED) is 0.234. The summed E-state index contributed by atoms with van der Waals surface area (Å²) in [4.78, 5) is 25.6. The zero-order valence-corrected chi connectivity index (χ0v) is 12.6. The molecule has 23 heavy (non-hydrogen) atoms. The van der Waals surface area contributed by atoms with E-state index in [0.717, 1.165) is 0 Å². The van der Waals surface area contributed by atoms with Crippen LogP contribution in [0.1, 0.15) is 20.7 Å². The van der Waals surface area contributed by atoms with E-state index in [9.17, 15) is 9.59 Å². The minimum Gasteiger partial charge on any atom is -0.373 e. The number of nitrogens with zero attached hydrogens (tertiary/aromatic N) is 5. The molecular formula is C10H8ClN6O5S-. The fourth-order valence-corrected chi connectivity index (χ4v) is 1.24. The van der Waals surface area contributed by atoms with E-state index >= 15 is 0 Å². The summed E-state index contributed by atoms with van der Waals surface area (Å²) in [5.41, 5.74) is 26.8. The molecule has 0 saturated carbocycles. The Morgan fingerprint density at radius 1 is 1.00 bits per heavy atom. The molecule has 122 valence electrons. The second-order valence-corrected chi connectivity index (χ2v) is 5.20. The molecule has 11 nitrogen and oxygen atoms in total. The van der Waals surface area contributed by atoms with Crippen molar-refractivity contribution < 1.29 is 22.6 Å². The van der Waals surface area contributed by atoms with Crippen LogP contribution in [0.2, 0.25) is 0 Å². The van der Waals surface area contributed by atoms with Crippen LogP contribution in [0.4, 0.5) is 0 Å². The minimum atomic E-state index is -4.19. The van der Waals surface area contributed by atoms with Gasteiger partial charge in [0.15, 0.2) is 11.6 Å². The second kappa shape index (κ2) is 11.7. The Morgan fingerprint density at radius 3 is 1.43 bits per heavy atom. The van der Waals surface area contributed by atoms with Gasteiger partial charge in [0.2, 0.25) is 0 Å². The van der Waals surface area contributed by atoms with E-state index in [-0.39, 0.29) is 11.6 Å². The molecule has 0 atom stereocenters. The molecule has 1 aliphatic carbocycles. The summed E-state index contributed by atoms with van der Waals surface area (Å²) in [5.74, 6) is -0.185. The van der Waals surface area contributed by atoms with Crippen molar-refractivity contribution >= 4 is 31.6 Å². The van der Waals surface area contributed by atoms with Gasteiger partial charge in [-0.05, 0) is 22.6 Å². The van der Waals surface area contributed by atoms with Gasteiger partial charge in [0.05, 0.1) is 0 Å². The van der Waals surface area contributed by atoms with E-state index in [2.05, 4.69) is 10.7 Å². The fourth-order valence-electron chi connectivity index (χ4n) is 1.24. The number of hydrogen-bond donors (Lipinski definition) is 2. The van der Waals surface area contributed by atoms with Gasteiger partial charge in [-0.25, -0.2) is 0 Å². The van der Waals surface area contributed by atoms with Crippen molar-refractivity contribution in [2.75, 3.05) is 0 Å². The van der Waals surface area contributed by atoms with Crippen molar-refractivity contribution in [2.24, 2.45) is 0 Å². The smallest absolute Gasteiger partial charge is 0.353 e. The van der Waals surface area contributed by atoms with Crippen LogP contribution < -0.4 is 0 Å². The topological polar surface area (TPSA) is 207 Å². The zero-order chi connectivity index (χ0) is 18.5. The summed E-state index contributed by atoms with van der Waals surface area (Å²) in [7, 11) is -0.137. The van der Waals surface area contributed by atoms with Crippen LogP contribution >= 0.6 is 10.7 Å². The molecule has 0 heterocycles. The third-order valence-corrected chi connectivity index (χ3v) is 1.84. The van der Waals surface area contributed by atoms with Gasteiger partial charge in [-0.15, -0.1) is 5.53 Å². The van der Waals surface area contributed by atoms with Gasteiger partial charge in [-0.1, -0.05) is 24.3 Å². The van der Waals surface area contributed by atoms with Crippen molar-refractivity contribution in [1.82, 2.24) is 0 Å². The Kier molecular flexibility index (Phi) is 11.4. The lowest BCUT2D eigenvalue weighted by Crippen LogP contribution is -2.10. The first-order valence-corrected chi connectivity index (χ1v) is 7.41. The van der Waals surface area contributed by atoms with Crippen LogP contribution in [0, 0.1) is 5.53 Å². The monoisotopic (exact) mass is 359 g/mol. The van der Waals surface area contributed by atoms with Crippen molar-refractivity contribution in [3.63, 3.8) is 0 Å². The fraction of sp³-hybridized carbons (Fsp3) is 0. The lowest BCUT2D eigenvalue weighted by atomic mass is 9.95. The molecule has 2 rings (SSSR count). The van der Waals surface area contributed by atoms with Gasteiger partial charge in [-0.2, -0.15) is 8.42 Å². The number of benzene rings is 1. The molecule has 13 heteroatoms. The zero-order valence-electron chi connectivity index (χ0n) is 11.1. The van der Waals surface area contributed by atoms with Crippen LogP contribution in [0.15, 0.2) is 36.4 Å². The van der Waals surface area contributed by atoms with E-state index in [1.165, 1.54) is 17.1 Å². The number of fused-ring (bicyclic) bond motifs is 1. The molecule has 0 unspecified atom stereocenters. The Morgan fingerprint density at radius 2 is 1.22 bits per heavy atom. The van der Waals surface area contributed by atoms with Gasteiger partial charge in [-0.3, -0.25) is 19.1 Å². The van der Waals surface area contributed by atoms with E-state index < -0.39 is 9.33 Å². The Hall–Kier alpha value is -2.88. The van der Waals surface area contributed by atoms with Crippen LogP contribution in [0.3, 0.4) is 0 Å². The largest absolute Gasteiger partial charge is 0.373 e. The highest BCUT2D eigenvalue weighted by Crippen LogP contribution is 2.15. The van der Waals surface area contributed by atoms with E-state index in [1.54, 1.807) is 29.2 Å². The third-order valence-electron chi connectivity index (χ3n) is 1.84. The SMILES string of the molecule is O=C1C=CC(=O)c2ccccc21.O=S(=O)(O)Cl.[N-]=[N+]=N.[N-]=[N+]=[N-]. The molecule has 1 aliphatic rings. The molecule has 0 aliphatic heterocycles. The van der Waals surface area contributed by atoms with E-state index in [4.69, 9.17) is 35.1 Å². The Balaban J connectivity index is 0. The molecular weight excluding hydrogens is 352 g/mol. The first-order valence-electron chi connectivity index (χ1n) is 5.14. The molecule has 0 fully saturated rings. The maximum Gasteiger partial charge on any atom is 0.353 e.